The predicted octanol–water partition coefficient (Wildman–Crippen LogP) is 5.11. The zero-order valence-corrected chi connectivity index (χ0v) is 19.7. The monoisotopic (exact) mass is 470 g/mol. The summed E-state index contributed by atoms with van der Waals surface area (Å²) in [5, 5.41) is 12.6. The molecule has 0 saturated carbocycles. The number of unbranched alkanes of at least 4 members (excludes halogenated alkanes) is 2. The van der Waals surface area contributed by atoms with Crippen molar-refractivity contribution in [3.05, 3.63) is 58.5 Å². The van der Waals surface area contributed by atoms with Gasteiger partial charge in [-0.1, -0.05) is 54.2 Å². The molecule has 0 unspecified atom stereocenters. The highest BCUT2D eigenvalue weighted by molar-refractivity contribution is 8.26. The molecule has 2 N–H and O–H groups in total. The minimum Gasteiger partial charge on any atom is -0.504 e. The first-order valence-corrected chi connectivity index (χ1v) is 11.6. The average Bonchev–Trinajstić information content (AvgIpc) is 3.03. The maximum atomic E-state index is 12.7. The minimum atomic E-state index is -0.121. The number of ether oxygens (including phenoxy) is 1. The number of hydrogen-bond donors (Lipinski definition) is 2. The van der Waals surface area contributed by atoms with E-state index in [0.29, 0.717) is 27.9 Å². The van der Waals surface area contributed by atoms with Crippen molar-refractivity contribution in [2.75, 3.05) is 19.0 Å². The zero-order chi connectivity index (χ0) is 23.1. The van der Waals surface area contributed by atoms with E-state index in [9.17, 15) is 14.7 Å². The van der Waals surface area contributed by atoms with Gasteiger partial charge >= 0.3 is 0 Å². The van der Waals surface area contributed by atoms with Gasteiger partial charge in [0.2, 0.25) is 5.91 Å². The number of thiocarbonyl (C=S) groups is 1. The van der Waals surface area contributed by atoms with Gasteiger partial charge in [-0.05, 0) is 55.7 Å². The van der Waals surface area contributed by atoms with Crippen molar-refractivity contribution in [2.24, 2.45) is 0 Å². The molecule has 1 aliphatic rings. The van der Waals surface area contributed by atoms with Crippen molar-refractivity contribution < 1.29 is 19.4 Å². The fraction of sp³-hybridized carbons (Fsp3) is 0.292. The van der Waals surface area contributed by atoms with Crippen LogP contribution < -0.4 is 10.1 Å². The number of rotatable bonds is 9. The number of thioether (sulfide) groups is 1. The molecule has 0 spiro atoms. The SMILES string of the molecule is COc1cc(/C=C2\SC(=S)N(CCCCCC(=O)Nc3ccc(C)cc3)C2=O)ccc1O. The van der Waals surface area contributed by atoms with Crippen LogP contribution in [0.5, 0.6) is 11.5 Å². The second-order valence-corrected chi connectivity index (χ2v) is 9.17. The first-order valence-electron chi connectivity index (χ1n) is 10.4. The summed E-state index contributed by atoms with van der Waals surface area (Å²) in [7, 11) is 1.48. The van der Waals surface area contributed by atoms with Gasteiger partial charge in [-0.25, -0.2) is 0 Å². The summed E-state index contributed by atoms with van der Waals surface area (Å²) >= 11 is 6.65. The van der Waals surface area contributed by atoms with Gasteiger partial charge in [-0.3, -0.25) is 14.5 Å². The van der Waals surface area contributed by atoms with Crippen LogP contribution in [0.2, 0.25) is 0 Å². The fourth-order valence-electron chi connectivity index (χ4n) is 3.22. The van der Waals surface area contributed by atoms with Crippen molar-refractivity contribution in [2.45, 2.75) is 32.6 Å². The van der Waals surface area contributed by atoms with Crippen LogP contribution in [0.4, 0.5) is 5.69 Å². The van der Waals surface area contributed by atoms with E-state index < -0.39 is 0 Å². The van der Waals surface area contributed by atoms with Crippen LogP contribution in [-0.2, 0) is 9.59 Å². The van der Waals surface area contributed by atoms with Gasteiger partial charge in [0.15, 0.2) is 11.5 Å². The molecule has 0 aromatic heterocycles. The lowest BCUT2D eigenvalue weighted by Crippen LogP contribution is -2.29. The Bertz CT molecular complexity index is 1030. The van der Waals surface area contributed by atoms with Gasteiger partial charge < -0.3 is 15.2 Å². The Labute approximate surface area is 197 Å². The quantitative estimate of drug-likeness (QED) is 0.301. The Morgan fingerprint density at radius 1 is 1.19 bits per heavy atom. The summed E-state index contributed by atoms with van der Waals surface area (Å²) in [4.78, 5) is 27.0. The number of aromatic hydroxyl groups is 1. The number of carbonyl (C=O) groups excluding carboxylic acids is 2. The number of anilines is 1. The summed E-state index contributed by atoms with van der Waals surface area (Å²) in [6, 6.07) is 12.6. The highest BCUT2D eigenvalue weighted by Gasteiger charge is 2.31. The topological polar surface area (TPSA) is 78.9 Å². The Hall–Kier alpha value is -2.84. The van der Waals surface area contributed by atoms with Crippen LogP contribution in [0.25, 0.3) is 6.08 Å². The van der Waals surface area contributed by atoms with Crippen LogP contribution in [0.3, 0.4) is 0 Å². The maximum Gasteiger partial charge on any atom is 0.266 e. The van der Waals surface area contributed by atoms with Crippen molar-refractivity contribution in [1.82, 2.24) is 4.90 Å². The van der Waals surface area contributed by atoms with E-state index in [4.69, 9.17) is 17.0 Å². The number of nitrogens with zero attached hydrogens (tertiary/aromatic N) is 1. The summed E-state index contributed by atoms with van der Waals surface area (Å²) in [5.74, 6) is 0.265. The van der Waals surface area contributed by atoms with Crippen LogP contribution >= 0.6 is 24.0 Å². The summed E-state index contributed by atoms with van der Waals surface area (Å²) in [6.45, 7) is 2.53. The number of benzene rings is 2. The summed E-state index contributed by atoms with van der Waals surface area (Å²) in [6.07, 6.45) is 4.53. The standard InChI is InChI=1S/C24H26N2O4S2/c1-16-7-10-18(11-8-16)25-22(28)6-4-3-5-13-26-23(29)21(32-24(26)31)15-17-9-12-19(27)20(14-17)30-2/h7-12,14-15,27H,3-6,13H2,1-2H3,(H,25,28)/b21-15-. The van der Waals surface area contributed by atoms with Crippen molar-refractivity contribution in [3.63, 3.8) is 0 Å². The minimum absolute atomic E-state index is 0.00766. The van der Waals surface area contributed by atoms with Crippen LogP contribution in [0.1, 0.15) is 36.8 Å². The van der Waals surface area contributed by atoms with E-state index in [1.807, 2.05) is 31.2 Å². The molecule has 0 bridgehead atoms. The number of amides is 2. The van der Waals surface area contributed by atoms with Gasteiger partial charge in [-0.15, -0.1) is 0 Å². The number of aryl methyl sites for hydroxylation is 1. The molecular formula is C24H26N2O4S2. The van der Waals surface area contributed by atoms with Crippen molar-refractivity contribution in [3.8, 4) is 11.5 Å². The van der Waals surface area contributed by atoms with E-state index in [-0.39, 0.29) is 17.6 Å². The number of methoxy groups -OCH3 is 1. The third-order valence-corrected chi connectivity index (χ3v) is 6.37. The molecule has 8 heteroatoms. The highest BCUT2D eigenvalue weighted by atomic mass is 32.2. The highest BCUT2D eigenvalue weighted by Crippen LogP contribution is 2.34. The van der Waals surface area contributed by atoms with Gasteiger partial charge in [-0.2, -0.15) is 0 Å². The molecule has 2 aromatic carbocycles. The number of phenolic OH excluding ortho intramolecular Hbond substituents is 1. The number of carbonyl (C=O) groups is 2. The number of phenols is 1. The van der Waals surface area contributed by atoms with Crippen molar-refractivity contribution in [1.29, 1.82) is 0 Å². The number of hydrogen-bond acceptors (Lipinski definition) is 6. The first-order chi connectivity index (χ1) is 15.4. The lowest BCUT2D eigenvalue weighted by atomic mass is 10.1. The Balaban J connectivity index is 1.44. The predicted molar refractivity (Wildman–Crippen MR) is 133 cm³/mol. The van der Waals surface area contributed by atoms with Gasteiger partial charge in [0, 0.05) is 18.7 Å². The molecule has 2 amide bonds. The lowest BCUT2D eigenvalue weighted by molar-refractivity contribution is -0.122. The molecule has 1 saturated heterocycles. The van der Waals surface area contributed by atoms with E-state index in [1.165, 1.54) is 24.9 Å². The van der Waals surface area contributed by atoms with Gasteiger partial charge in [0.05, 0.1) is 12.0 Å². The fourth-order valence-corrected chi connectivity index (χ4v) is 4.53. The Kier molecular flexibility index (Phi) is 8.30. The third-order valence-electron chi connectivity index (χ3n) is 5.00. The average molecular weight is 471 g/mol. The Morgan fingerprint density at radius 3 is 2.66 bits per heavy atom. The molecule has 3 rings (SSSR count). The molecule has 168 valence electrons. The first kappa shape index (κ1) is 23.8. The molecule has 2 aromatic rings. The number of nitrogens with one attached hydrogen (secondary N) is 1. The molecule has 0 atom stereocenters. The van der Waals surface area contributed by atoms with E-state index in [0.717, 1.165) is 36.1 Å². The zero-order valence-electron chi connectivity index (χ0n) is 18.1. The third kappa shape index (κ3) is 6.34. The van der Waals surface area contributed by atoms with Gasteiger partial charge in [0.25, 0.3) is 5.91 Å². The Morgan fingerprint density at radius 2 is 1.94 bits per heavy atom. The van der Waals surface area contributed by atoms with Gasteiger partial charge in [0.1, 0.15) is 4.32 Å². The molecule has 0 aliphatic carbocycles. The lowest BCUT2D eigenvalue weighted by Gasteiger charge is -2.14. The molecule has 1 fully saturated rings. The molecule has 1 heterocycles. The second kappa shape index (κ2) is 11.2. The van der Waals surface area contributed by atoms with Crippen LogP contribution in [0.15, 0.2) is 47.4 Å². The van der Waals surface area contributed by atoms with E-state index in [1.54, 1.807) is 23.1 Å². The molecule has 0 radical (unpaired) electrons. The molecule has 1 aliphatic heterocycles. The molecule has 32 heavy (non-hydrogen) atoms. The summed E-state index contributed by atoms with van der Waals surface area (Å²) in [5.41, 5.74) is 2.70. The smallest absolute Gasteiger partial charge is 0.266 e. The second-order valence-electron chi connectivity index (χ2n) is 7.49. The molecule has 6 nitrogen and oxygen atoms in total. The van der Waals surface area contributed by atoms with Crippen LogP contribution in [-0.4, -0.2) is 39.8 Å². The van der Waals surface area contributed by atoms with Crippen LogP contribution in [0, 0.1) is 6.92 Å². The maximum absolute atomic E-state index is 12.7. The largest absolute Gasteiger partial charge is 0.504 e. The normalized spacial score (nSPS) is 14.8. The van der Waals surface area contributed by atoms with Crippen molar-refractivity contribution >= 4 is 51.9 Å². The summed E-state index contributed by atoms with van der Waals surface area (Å²) < 4.78 is 5.65. The molecular weight excluding hydrogens is 444 g/mol. The van der Waals surface area contributed by atoms with E-state index in [2.05, 4.69) is 5.32 Å². The van der Waals surface area contributed by atoms with E-state index >= 15 is 0 Å².